The van der Waals surface area contributed by atoms with Crippen LogP contribution in [0.5, 0.6) is 0 Å². The molecule has 1 nitrogen and oxygen atoms in total. The zero-order chi connectivity index (χ0) is 11.5. The lowest BCUT2D eigenvalue weighted by atomic mass is 10.2. The number of benzene rings is 1. The molecule has 3 heteroatoms. The molecular weight excluding hydrogens is 238 g/mol. The third-order valence-electron chi connectivity index (χ3n) is 2.75. The standard InChI is InChI=1S/C13H16ClNS/c1-3-15-10(9-16-4-2)8-11-12(14)6-5-7-13(11)15/h5-8H,3-4,9H2,1-2H3. The molecule has 0 fully saturated rings. The van der Waals surface area contributed by atoms with Crippen LogP contribution in [0.1, 0.15) is 19.5 Å². The van der Waals surface area contributed by atoms with Crippen molar-refractivity contribution in [3.63, 3.8) is 0 Å². The van der Waals surface area contributed by atoms with Crippen LogP contribution in [-0.2, 0) is 12.3 Å². The van der Waals surface area contributed by atoms with Crippen molar-refractivity contribution in [3.05, 3.63) is 35.0 Å². The second-order valence-electron chi connectivity index (χ2n) is 3.69. The van der Waals surface area contributed by atoms with Gasteiger partial charge in [-0.25, -0.2) is 0 Å². The van der Waals surface area contributed by atoms with Crippen molar-refractivity contribution in [1.82, 2.24) is 4.57 Å². The first-order valence-electron chi connectivity index (χ1n) is 5.62. The highest BCUT2D eigenvalue weighted by Gasteiger charge is 2.09. The lowest BCUT2D eigenvalue weighted by Crippen LogP contribution is -1.98. The van der Waals surface area contributed by atoms with E-state index in [4.69, 9.17) is 11.6 Å². The molecule has 1 heterocycles. The molecule has 1 aromatic carbocycles. The van der Waals surface area contributed by atoms with Gasteiger partial charge in [0.05, 0.1) is 0 Å². The van der Waals surface area contributed by atoms with Crippen molar-refractivity contribution in [2.75, 3.05) is 5.75 Å². The number of fused-ring (bicyclic) bond motifs is 1. The van der Waals surface area contributed by atoms with Gasteiger partial charge in [-0.2, -0.15) is 11.8 Å². The SMILES string of the molecule is CCSCc1cc2c(Cl)cccc2n1CC. The molecule has 16 heavy (non-hydrogen) atoms. The van der Waals surface area contributed by atoms with Crippen molar-refractivity contribution < 1.29 is 0 Å². The van der Waals surface area contributed by atoms with Gasteiger partial charge < -0.3 is 4.57 Å². The minimum Gasteiger partial charge on any atom is -0.344 e. The fourth-order valence-corrected chi connectivity index (χ4v) is 2.88. The second kappa shape index (κ2) is 5.15. The van der Waals surface area contributed by atoms with Crippen molar-refractivity contribution in [1.29, 1.82) is 0 Å². The average Bonchev–Trinajstić information content (AvgIpc) is 2.65. The predicted molar refractivity (Wildman–Crippen MR) is 74.5 cm³/mol. The number of hydrogen-bond donors (Lipinski definition) is 0. The number of hydrogen-bond acceptors (Lipinski definition) is 1. The summed E-state index contributed by atoms with van der Waals surface area (Å²) in [5.41, 5.74) is 2.62. The summed E-state index contributed by atoms with van der Waals surface area (Å²) in [6.45, 7) is 5.38. The Morgan fingerprint density at radius 2 is 2.12 bits per heavy atom. The number of aryl methyl sites for hydroxylation is 1. The number of rotatable bonds is 4. The monoisotopic (exact) mass is 253 g/mol. The molecule has 0 aliphatic rings. The Balaban J connectivity index is 2.52. The van der Waals surface area contributed by atoms with Crippen molar-refractivity contribution in [2.45, 2.75) is 26.1 Å². The van der Waals surface area contributed by atoms with Gasteiger partial charge in [0.25, 0.3) is 0 Å². The zero-order valence-corrected chi connectivity index (χ0v) is 11.2. The fourth-order valence-electron chi connectivity index (χ4n) is 2.00. The van der Waals surface area contributed by atoms with E-state index in [0.717, 1.165) is 23.1 Å². The van der Waals surface area contributed by atoms with E-state index in [-0.39, 0.29) is 0 Å². The molecule has 0 atom stereocenters. The van der Waals surface area contributed by atoms with Gasteiger partial charge in [-0.1, -0.05) is 24.6 Å². The Morgan fingerprint density at radius 3 is 2.81 bits per heavy atom. The van der Waals surface area contributed by atoms with E-state index < -0.39 is 0 Å². The van der Waals surface area contributed by atoms with Crippen LogP contribution in [0, 0.1) is 0 Å². The molecule has 0 radical (unpaired) electrons. The third kappa shape index (κ3) is 2.09. The van der Waals surface area contributed by atoms with E-state index in [0.29, 0.717) is 0 Å². The first-order valence-corrected chi connectivity index (χ1v) is 7.15. The van der Waals surface area contributed by atoms with E-state index in [9.17, 15) is 0 Å². The number of thioether (sulfide) groups is 1. The van der Waals surface area contributed by atoms with Crippen LogP contribution in [0.15, 0.2) is 24.3 Å². The van der Waals surface area contributed by atoms with Crippen LogP contribution < -0.4 is 0 Å². The molecule has 2 rings (SSSR count). The highest BCUT2D eigenvalue weighted by molar-refractivity contribution is 7.98. The third-order valence-corrected chi connectivity index (χ3v) is 3.99. The van der Waals surface area contributed by atoms with Gasteiger partial charge in [0, 0.05) is 33.9 Å². The van der Waals surface area contributed by atoms with E-state index in [1.807, 2.05) is 23.9 Å². The number of aromatic nitrogens is 1. The van der Waals surface area contributed by atoms with Crippen LogP contribution in [0.4, 0.5) is 0 Å². The second-order valence-corrected chi connectivity index (χ2v) is 5.37. The number of nitrogens with zero attached hydrogens (tertiary/aromatic N) is 1. The van der Waals surface area contributed by atoms with Gasteiger partial charge in [-0.05, 0) is 30.9 Å². The van der Waals surface area contributed by atoms with Gasteiger partial charge in [0.15, 0.2) is 0 Å². The van der Waals surface area contributed by atoms with Crippen LogP contribution in [0.25, 0.3) is 10.9 Å². The normalized spacial score (nSPS) is 11.2. The van der Waals surface area contributed by atoms with Gasteiger partial charge in [0.1, 0.15) is 0 Å². The topological polar surface area (TPSA) is 4.93 Å². The summed E-state index contributed by atoms with van der Waals surface area (Å²) in [5, 5.41) is 2.03. The van der Waals surface area contributed by atoms with E-state index in [1.54, 1.807) is 0 Å². The molecule has 0 unspecified atom stereocenters. The highest BCUT2D eigenvalue weighted by Crippen LogP contribution is 2.28. The Kier molecular flexibility index (Phi) is 3.82. The molecule has 0 spiro atoms. The quantitative estimate of drug-likeness (QED) is 0.773. The summed E-state index contributed by atoms with van der Waals surface area (Å²) in [7, 11) is 0. The summed E-state index contributed by atoms with van der Waals surface area (Å²) in [4.78, 5) is 0. The summed E-state index contributed by atoms with van der Waals surface area (Å²) < 4.78 is 2.35. The lowest BCUT2D eigenvalue weighted by molar-refractivity contribution is 0.765. The van der Waals surface area contributed by atoms with E-state index in [1.165, 1.54) is 16.6 Å². The molecular formula is C13H16ClNS. The zero-order valence-electron chi connectivity index (χ0n) is 9.66. The Bertz CT molecular complexity index is 490. The minimum atomic E-state index is 0.854. The summed E-state index contributed by atoms with van der Waals surface area (Å²) in [6, 6.07) is 8.35. The van der Waals surface area contributed by atoms with Gasteiger partial charge in [-0.3, -0.25) is 0 Å². The summed E-state index contributed by atoms with van der Waals surface area (Å²) >= 11 is 8.16. The van der Waals surface area contributed by atoms with Gasteiger partial charge in [-0.15, -0.1) is 0 Å². The largest absolute Gasteiger partial charge is 0.344 e. The maximum atomic E-state index is 6.21. The molecule has 2 aromatic rings. The Hall–Kier alpha value is -0.600. The molecule has 1 aromatic heterocycles. The van der Waals surface area contributed by atoms with Crippen LogP contribution in [0.3, 0.4) is 0 Å². The lowest BCUT2D eigenvalue weighted by Gasteiger charge is -2.06. The smallest absolute Gasteiger partial charge is 0.0499 e. The fraction of sp³-hybridized carbons (Fsp3) is 0.385. The maximum Gasteiger partial charge on any atom is 0.0499 e. The Labute approximate surface area is 106 Å². The molecule has 0 aliphatic carbocycles. The molecule has 0 amide bonds. The predicted octanol–water partition coefficient (Wildman–Crippen LogP) is 4.57. The molecule has 0 aliphatic heterocycles. The summed E-state index contributed by atoms with van der Waals surface area (Å²) in [5.74, 6) is 2.22. The Morgan fingerprint density at radius 1 is 1.31 bits per heavy atom. The minimum absolute atomic E-state index is 0.854. The van der Waals surface area contributed by atoms with Crippen LogP contribution in [-0.4, -0.2) is 10.3 Å². The van der Waals surface area contributed by atoms with Crippen LogP contribution >= 0.6 is 23.4 Å². The van der Waals surface area contributed by atoms with E-state index >= 15 is 0 Å². The highest BCUT2D eigenvalue weighted by atomic mass is 35.5. The molecule has 0 saturated carbocycles. The number of halogens is 1. The average molecular weight is 254 g/mol. The molecule has 86 valence electrons. The van der Waals surface area contributed by atoms with Crippen molar-refractivity contribution in [3.8, 4) is 0 Å². The van der Waals surface area contributed by atoms with Gasteiger partial charge in [0.2, 0.25) is 0 Å². The van der Waals surface area contributed by atoms with Crippen molar-refractivity contribution in [2.24, 2.45) is 0 Å². The van der Waals surface area contributed by atoms with Crippen molar-refractivity contribution >= 4 is 34.3 Å². The first kappa shape index (κ1) is 11.9. The van der Waals surface area contributed by atoms with Crippen LogP contribution in [0.2, 0.25) is 5.02 Å². The molecule has 0 saturated heterocycles. The van der Waals surface area contributed by atoms with Gasteiger partial charge >= 0.3 is 0 Å². The molecule has 0 N–H and O–H groups in total. The summed E-state index contributed by atoms with van der Waals surface area (Å²) in [6.07, 6.45) is 0. The molecule has 0 bridgehead atoms. The first-order chi connectivity index (χ1) is 7.77. The maximum absolute atomic E-state index is 6.21. The van der Waals surface area contributed by atoms with E-state index in [2.05, 4.69) is 30.5 Å².